The van der Waals surface area contributed by atoms with Gasteiger partial charge >= 0.3 is 6.18 Å². The lowest BCUT2D eigenvalue weighted by molar-refractivity contribution is -0.139. The Morgan fingerprint density at radius 1 is 1.12 bits per heavy atom. The van der Waals surface area contributed by atoms with Crippen LogP contribution in [0.25, 0.3) is 0 Å². The molecular formula is C16H24Cl2F4N2. The minimum absolute atomic E-state index is 0. The van der Waals surface area contributed by atoms with Crippen LogP contribution in [0.2, 0.25) is 0 Å². The number of hydrogen-bond donors (Lipinski definition) is 1. The molecule has 1 aliphatic heterocycles. The standard InChI is InChI=1S/C16H22F4N2.2ClH/c1-11(2)10-14(22-8-6-21-7-9-22)15-12(16(18,19)20)4-3-5-13(15)17;;/h3-5,11,14,21H,6-10H2,1-2H3;2*1H/t14-;;/m1../s1. The van der Waals surface area contributed by atoms with Gasteiger partial charge in [-0.2, -0.15) is 13.2 Å². The first-order valence-corrected chi connectivity index (χ1v) is 7.61. The van der Waals surface area contributed by atoms with Crippen LogP contribution in [-0.2, 0) is 6.18 Å². The van der Waals surface area contributed by atoms with Crippen molar-refractivity contribution in [2.75, 3.05) is 26.2 Å². The van der Waals surface area contributed by atoms with Gasteiger partial charge in [-0.25, -0.2) is 4.39 Å². The predicted molar refractivity (Wildman–Crippen MR) is 92.5 cm³/mol. The van der Waals surface area contributed by atoms with Crippen molar-refractivity contribution in [2.24, 2.45) is 5.92 Å². The van der Waals surface area contributed by atoms with Crippen LogP contribution in [0.1, 0.15) is 37.4 Å². The normalized spacial score (nSPS) is 17.1. The zero-order valence-corrected chi connectivity index (χ0v) is 15.3. The number of hydrogen-bond acceptors (Lipinski definition) is 2. The molecule has 2 rings (SSSR count). The van der Waals surface area contributed by atoms with Crippen molar-refractivity contribution in [1.29, 1.82) is 0 Å². The highest BCUT2D eigenvalue weighted by Gasteiger charge is 2.38. The van der Waals surface area contributed by atoms with Crippen molar-refractivity contribution >= 4 is 24.8 Å². The summed E-state index contributed by atoms with van der Waals surface area (Å²) >= 11 is 0. The van der Waals surface area contributed by atoms with Crippen LogP contribution < -0.4 is 5.32 Å². The molecule has 8 heteroatoms. The topological polar surface area (TPSA) is 15.3 Å². The van der Waals surface area contributed by atoms with Gasteiger partial charge in [0.2, 0.25) is 0 Å². The van der Waals surface area contributed by atoms with Crippen LogP contribution in [0, 0.1) is 11.7 Å². The highest BCUT2D eigenvalue weighted by Crippen LogP contribution is 2.40. The Balaban J connectivity index is 0.00000264. The van der Waals surface area contributed by atoms with Crippen molar-refractivity contribution < 1.29 is 17.6 Å². The van der Waals surface area contributed by atoms with Gasteiger partial charge in [-0.3, -0.25) is 4.90 Å². The van der Waals surface area contributed by atoms with E-state index in [0.717, 1.165) is 18.2 Å². The molecule has 1 aromatic rings. The van der Waals surface area contributed by atoms with Gasteiger partial charge in [0.05, 0.1) is 5.56 Å². The lowest BCUT2D eigenvalue weighted by Gasteiger charge is -2.37. The first kappa shape index (κ1) is 23.4. The van der Waals surface area contributed by atoms with Gasteiger partial charge in [-0.05, 0) is 24.5 Å². The van der Waals surface area contributed by atoms with Crippen molar-refractivity contribution in [3.63, 3.8) is 0 Å². The molecule has 24 heavy (non-hydrogen) atoms. The molecule has 1 saturated heterocycles. The third-order valence-corrected chi connectivity index (χ3v) is 3.98. The molecule has 0 aliphatic carbocycles. The molecule has 140 valence electrons. The molecule has 0 radical (unpaired) electrons. The average molecular weight is 391 g/mol. The van der Waals surface area contributed by atoms with Gasteiger partial charge in [-0.15, -0.1) is 24.8 Å². The number of alkyl halides is 3. The monoisotopic (exact) mass is 390 g/mol. The van der Waals surface area contributed by atoms with E-state index in [0.29, 0.717) is 32.6 Å². The van der Waals surface area contributed by atoms with Gasteiger partial charge in [0, 0.05) is 37.8 Å². The summed E-state index contributed by atoms with van der Waals surface area (Å²) in [6.07, 6.45) is -4.04. The highest BCUT2D eigenvalue weighted by molar-refractivity contribution is 5.85. The fourth-order valence-corrected chi connectivity index (χ4v) is 3.01. The second-order valence-electron chi connectivity index (χ2n) is 6.13. The van der Waals surface area contributed by atoms with Crippen LogP contribution in [0.15, 0.2) is 18.2 Å². The molecule has 0 bridgehead atoms. The van der Waals surface area contributed by atoms with Crippen LogP contribution in [0.4, 0.5) is 17.6 Å². The highest BCUT2D eigenvalue weighted by atomic mass is 35.5. The Hall–Kier alpha value is -0.560. The van der Waals surface area contributed by atoms with Gasteiger partial charge in [0.1, 0.15) is 5.82 Å². The maximum atomic E-state index is 14.3. The molecule has 1 heterocycles. The number of benzene rings is 1. The van der Waals surface area contributed by atoms with E-state index in [1.54, 1.807) is 0 Å². The summed E-state index contributed by atoms with van der Waals surface area (Å²) in [4.78, 5) is 1.96. The quantitative estimate of drug-likeness (QED) is 0.750. The molecule has 0 spiro atoms. The Morgan fingerprint density at radius 3 is 2.21 bits per heavy atom. The number of piperazine rings is 1. The lowest BCUT2D eigenvalue weighted by Crippen LogP contribution is -2.46. The van der Waals surface area contributed by atoms with Crippen LogP contribution in [0.3, 0.4) is 0 Å². The molecule has 0 aromatic heterocycles. The van der Waals surface area contributed by atoms with Gasteiger partial charge in [0.25, 0.3) is 0 Å². The maximum absolute atomic E-state index is 14.3. The molecule has 1 N–H and O–H groups in total. The Kier molecular flexibility index (Phi) is 9.57. The number of nitrogens with zero attached hydrogens (tertiary/aromatic N) is 1. The Bertz CT molecular complexity index is 503. The third kappa shape index (κ3) is 5.76. The van der Waals surface area contributed by atoms with Crippen LogP contribution in [-0.4, -0.2) is 31.1 Å². The molecule has 0 amide bonds. The number of halogens is 6. The second kappa shape index (κ2) is 9.80. The smallest absolute Gasteiger partial charge is 0.314 e. The van der Waals surface area contributed by atoms with Crippen molar-refractivity contribution in [3.8, 4) is 0 Å². The zero-order valence-electron chi connectivity index (χ0n) is 13.7. The molecular weight excluding hydrogens is 367 g/mol. The summed E-state index contributed by atoms with van der Waals surface area (Å²) < 4.78 is 54.2. The molecule has 1 aliphatic rings. The fraction of sp³-hybridized carbons (Fsp3) is 0.625. The third-order valence-electron chi connectivity index (χ3n) is 3.98. The summed E-state index contributed by atoms with van der Waals surface area (Å²) in [5, 5.41) is 3.18. The lowest BCUT2D eigenvalue weighted by atomic mass is 9.91. The van der Waals surface area contributed by atoms with E-state index in [9.17, 15) is 17.6 Å². The molecule has 0 saturated carbocycles. The SMILES string of the molecule is CC(C)C[C@H](c1c(F)cccc1C(F)(F)F)N1CCNCC1.Cl.Cl. The van der Waals surface area contributed by atoms with E-state index in [1.807, 2.05) is 18.7 Å². The zero-order chi connectivity index (χ0) is 16.3. The summed E-state index contributed by atoms with van der Waals surface area (Å²) in [6.45, 7) is 6.58. The molecule has 2 nitrogen and oxygen atoms in total. The molecule has 1 atom stereocenters. The maximum Gasteiger partial charge on any atom is 0.416 e. The predicted octanol–water partition coefficient (Wildman–Crippen LogP) is 4.68. The molecule has 0 unspecified atom stereocenters. The summed E-state index contributed by atoms with van der Waals surface area (Å²) in [5.74, 6) is -0.584. The van der Waals surface area contributed by atoms with Crippen molar-refractivity contribution in [2.45, 2.75) is 32.5 Å². The summed E-state index contributed by atoms with van der Waals surface area (Å²) in [7, 11) is 0. The molecule has 1 aromatic carbocycles. The van der Waals surface area contributed by atoms with E-state index in [4.69, 9.17) is 0 Å². The van der Waals surface area contributed by atoms with Gasteiger partial charge in [-0.1, -0.05) is 19.9 Å². The molecule has 1 fully saturated rings. The first-order valence-electron chi connectivity index (χ1n) is 7.61. The summed E-state index contributed by atoms with van der Waals surface area (Å²) in [5.41, 5.74) is -1.05. The van der Waals surface area contributed by atoms with Gasteiger partial charge < -0.3 is 5.32 Å². The average Bonchev–Trinajstić information content (AvgIpc) is 2.44. The summed E-state index contributed by atoms with van der Waals surface area (Å²) in [6, 6.07) is 2.69. The van der Waals surface area contributed by atoms with E-state index < -0.39 is 23.6 Å². The second-order valence-corrected chi connectivity index (χ2v) is 6.13. The number of rotatable bonds is 4. The van der Waals surface area contributed by atoms with Crippen molar-refractivity contribution in [3.05, 3.63) is 35.1 Å². The minimum Gasteiger partial charge on any atom is -0.314 e. The van der Waals surface area contributed by atoms with E-state index in [2.05, 4.69) is 5.32 Å². The van der Waals surface area contributed by atoms with E-state index in [-0.39, 0.29) is 36.3 Å². The van der Waals surface area contributed by atoms with Crippen LogP contribution >= 0.6 is 24.8 Å². The van der Waals surface area contributed by atoms with E-state index >= 15 is 0 Å². The van der Waals surface area contributed by atoms with Gasteiger partial charge in [0.15, 0.2) is 0 Å². The minimum atomic E-state index is -4.54. The number of nitrogens with one attached hydrogen (secondary N) is 1. The fourth-order valence-electron chi connectivity index (χ4n) is 3.01. The van der Waals surface area contributed by atoms with Crippen LogP contribution in [0.5, 0.6) is 0 Å². The van der Waals surface area contributed by atoms with Crippen molar-refractivity contribution in [1.82, 2.24) is 10.2 Å². The Labute approximate surface area is 152 Å². The largest absolute Gasteiger partial charge is 0.416 e. The van der Waals surface area contributed by atoms with E-state index in [1.165, 1.54) is 0 Å². The Morgan fingerprint density at radius 2 is 1.71 bits per heavy atom. The first-order chi connectivity index (χ1) is 10.3.